The first-order valence-corrected chi connectivity index (χ1v) is 8.68. The van der Waals surface area contributed by atoms with Crippen LogP contribution in [-0.2, 0) is 9.84 Å². The summed E-state index contributed by atoms with van der Waals surface area (Å²) in [6.45, 7) is 9.31. The van der Waals surface area contributed by atoms with E-state index in [0.717, 1.165) is 32.2 Å². The van der Waals surface area contributed by atoms with Crippen molar-refractivity contribution in [1.29, 1.82) is 0 Å². The number of nitrogens with one attached hydrogen (secondary N) is 1. The van der Waals surface area contributed by atoms with E-state index in [1.54, 1.807) is 6.92 Å². The summed E-state index contributed by atoms with van der Waals surface area (Å²) in [5.41, 5.74) is 0. The summed E-state index contributed by atoms with van der Waals surface area (Å²) in [5.74, 6) is 1.28. The van der Waals surface area contributed by atoms with Gasteiger partial charge in [-0.15, -0.1) is 0 Å². The average molecular weight is 263 g/mol. The highest BCUT2D eigenvalue weighted by Gasteiger charge is 2.11. The number of unbranched alkanes of at least 4 members (excludes halogenated alkanes) is 2. The van der Waals surface area contributed by atoms with Crippen molar-refractivity contribution in [2.24, 2.45) is 5.92 Å². The summed E-state index contributed by atoms with van der Waals surface area (Å²) in [7, 11) is -2.76. The van der Waals surface area contributed by atoms with Crippen molar-refractivity contribution >= 4 is 9.84 Å². The fourth-order valence-corrected chi connectivity index (χ4v) is 2.87. The molecule has 0 heterocycles. The van der Waals surface area contributed by atoms with Crippen molar-refractivity contribution in [2.45, 2.75) is 59.4 Å². The molecule has 0 saturated carbocycles. The zero-order chi connectivity index (χ0) is 13.3. The topological polar surface area (TPSA) is 46.2 Å². The van der Waals surface area contributed by atoms with Crippen LogP contribution in [-0.4, -0.2) is 32.5 Å². The highest BCUT2D eigenvalue weighted by Crippen LogP contribution is 2.11. The molecule has 1 unspecified atom stereocenters. The molecule has 0 aromatic rings. The number of sulfone groups is 1. The SMILES string of the molecule is CCNC(CCCCCS(=O)(=O)CC)C(C)C. The van der Waals surface area contributed by atoms with Crippen molar-refractivity contribution in [1.82, 2.24) is 5.32 Å². The van der Waals surface area contributed by atoms with E-state index < -0.39 is 9.84 Å². The summed E-state index contributed by atoms with van der Waals surface area (Å²) in [6, 6.07) is 0.572. The van der Waals surface area contributed by atoms with Gasteiger partial charge in [0.25, 0.3) is 0 Å². The normalized spacial score (nSPS) is 14.2. The van der Waals surface area contributed by atoms with E-state index >= 15 is 0 Å². The second kappa shape index (κ2) is 8.92. The predicted molar refractivity (Wildman–Crippen MR) is 75.1 cm³/mol. The highest BCUT2D eigenvalue weighted by atomic mass is 32.2. The van der Waals surface area contributed by atoms with Gasteiger partial charge in [-0.1, -0.05) is 40.5 Å². The first-order chi connectivity index (χ1) is 7.93. The maximum absolute atomic E-state index is 11.3. The average Bonchev–Trinajstić information content (AvgIpc) is 2.27. The molecule has 0 spiro atoms. The van der Waals surface area contributed by atoms with E-state index in [0.29, 0.717) is 17.7 Å². The quantitative estimate of drug-likeness (QED) is 0.616. The Kier molecular flexibility index (Phi) is 8.88. The number of hydrogen-bond acceptors (Lipinski definition) is 3. The molecule has 0 bridgehead atoms. The number of rotatable bonds is 10. The van der Waals surface area contributed by atoms with Crippen LogP contribution in [0.1, 0.15) is 53.4 Å². The van der Waals surface area contributed by atoms with Crippen molar-refractivity contribution < 1.29 is 8.42 Å². The summed E-state index contributed by atoms with van der Waals surface area (Å²) < 4.78 is 22.6. The van der Waals surface area contributed by atoms with Crippen molar-refractivity contribution in [3.05, 3.63) is 0 Å². The Balaban J connectivity index is 3.69. The van der Waals surface area contributed by atoms with Gasteiger partial charge in [-0.2, -0.15) is 0 Å². The highest BCUT2D eigenvalue weighted by molar-refractivity contribution is 7.91. The molecule has 0 aliphatic rings. The third kappa shape index (κ3) is 8.61. The molecule has 104 valence electrons. The third-order valence-electron chi connectivity index (χ3n) is 3.18. The van der Waals surface area contributed by atoms with E-state index in [1.165, 1.54) is 0 Å². The Bertz CT molecular complexity index is 273. The van der Waals surface area contributed by atoms with Crippen molar-refractivity contribution in [3.8, 4) is 0 Å². The van der Waals surface area contributed by atoms with E-state index in [4.69, 9.17) is 0 Å². The summed E-state index contributed by atoms with van der Waals surface area (Å²) in [4.78, 5) is 0. The molecule has 17 heavy (non-hydrogen) atoms. The van der Waals surface area contributed by atoms with Gasteiger partial charge in [0.2, 0.25) is 0 Å². The van der Waals surface area contributed by atoms with E-state index in [9.17, 15) is 8.42 Å². The van der Waals surface area contributed by atoms with Crippen molar-refractivity contribution in [3.63, 3.8) is 0 Å². The molecule has 0 fully saturated rings. The van der Waals surface area contributed by atoms with Crippen LogP contribution in [0.4, 0.5) is 0 Å². The lowest BCUT2D eigenvalue weighted by atomic mass is 9.98. The first kappa shape index (κ1) is 16.9. The Hall–Kier alpha value is -0.0900. The minimum atomic E-state index is -2.76. The maximum Gasteiger partial charge on any atom is 0.150 e. The molecule has 0 saturated heterocycles. The van der Waals surface area contributed by atoms with E-state index in [-0.39, 0.29) is 5.75 Å². The standard InChI is InChI=1S/C13H29NO2S/c1-5-14-13(12(3)4)10-8-7-9-11-17(15,16)6-2/h12-14H,5-11H2,1-4H3. The van der Waals surface area contributed by atoms with Gasteiger partial charge in [0.1, 0.15) is 9.84 Å². The van der Waals surface area contributed by atoms with Crippen LogP contribution in [0.25, 0.3) is 0 Å². The molecular formula is C13H29NO2S. The maximum atomic E-state index is 11.3. The Morgan fingerprint density at radius 3 is 2.18 bits per heavy atom. The van der Waals surface area contributed by atoms with Crippen LogP contribution >= 0.6 is 0 Å². The van der Waals surface area contributed by atoms with Crippen LogP contribution in [0.3, 0.4) is 0 Å². The monoisotopic (exact) mass is 263 g/mol. The van der Waals surface area contributed by atoms with Crippen LogP contribution in [0, 0.1) is 5.92 Å². The van der Waals surface area contributed by atoms with Gasteiger partial charge in [0.15, 0.2) is 0 Å². The molecule has 4 heteroatoms. The smallest absolute Gasteiger partial charge is 0.150 e. The molecule has 0 rings (SSSR count). The molecule has 0 amide bonds. The minimum absolute atomic E-state index is 0.277. The lowest BCUT2D eigenvalue weighted by molar-refractivity contribution is 0.373. The van der Waals surface area contributed by atoms with E-state index in [1.807, 2.05) is 0 Å². The van der Waals surface area contributed by atoms with Gasteiger partial charge < -0.3 is 5.32 Å². The molecule has 0 aromatic carbocycles. The van der Waals surface area contributed by atoms with Crippen LogP contribution in [0.15, 0.2) is 0 Å². The van der Waals surface area contributed by atoms with Gasteiger partial charge in [0.05, 0.1) is 5.75 Å². The van der Waals surface area contributed by atoms with Gasteiger partial charge in [-0.25, -0.2) is 8.42 Å². The van der Waals surface area contributed by atoms with Crippen LogP contribution < -0.4 is 5.32 Å². The summed E-state index contributed by atoms with van der Waals surface area (Å²) in [5, 5.41) is 3.48. The van der Waals surface area contributed by atoms with E-state index in [2.05, 4.69) is 26.1 Å². The zero-order valence-electron chi connectivity index (χ0n) is 11.8. The second-order valence-electron chi connectivity index (χ2n) is 4.99. The Labute approximate surface area is 107 Å². The number of hydrogen-bond donors (Lipinski definition) is 1. The zero-order valence-corrected chi connectivity index (χ0v) is 12.6. The lowest BCUT2D eigenvalue weighted by Gasteiger charge is -2.21. The Morgan fingerprint density at radius 1 is 1.06 bits per heavy atom. The van der Waals surface area contributed by atoms with Gasteiger partial charge >= 0.3 is 0 Å². The fraction of sp³-hybridized carbons (Fsp3) is 1.00. The molecule has 1 atom stereocenters. The van der Waals surface area contributed by atoms with Crippen LogP contribution in [0.2, 0.25) is 0 Å². The first-order valence-electron chi connectivity index (χ1n) is 6.86. The summed E-state index contributed by atoms with van der Waals surface area (Å²) >= 11 is 0. The molecule has 0 aromatic heterocycles. The van der Waals surface area contributed by atoms with Crippen LogP contribution in [0.5, 0.6) is 0 Å². The summed E-state index contributed by atoms with van der Waals surface area (Å²) in [6.07, 6.45) is 4.10. The molecule has 3 nitrogen and oxygen atoms in total. The predicted octanol–water partition coefficient (Wildman–Crippen LogP) is 2.62. The van der Waals surface area contributed by atoms with Crippen molar-refractivity contribution in [2.75, 3.05) is 18.1 Å². The molecular weight excluding hydrogens is 234 g/mol. The molecule has 0 aliphatic heterocycles. The third-order valence-corrected chi connectivity index (χ3v) is 4.97. The molecule has 0 aliphatic carbocycles. The largest absolute Gasteiger partial charge is 0.314 e. The van der Waals surface area contributed by atoms with Gasteiger partial charge in [0, 0.05) is 11.8 Å². The Morgan fingerprint density at radius 2 is 1.71 bits per heavy atom. The van der Waals surface area contributed by atoms with Gasteiger partial charge in [-0.05, 0) is 25.3 Å². The minimum Gasteiger partial charge on any atom is -0.314 e. The fourth-order valence-electron chi connectivity index (χ4n) is 1.94. The molecule has 0 radical (unpaired) electrons. The lowest BCUT2D eigenvalue weighted by Crippen LogP contribution is -2.33. The van der Waals surface area contributed by atoms with Gasteiger partial charge in [-0.3, -0.25) is 0 Å². The molecule has 1 N–H and O–H groups in total. The second-order valence-corrected chi connectivity index (χ2v) is 7.47.